The zero-order valence-electron chi connectivity index (χ0n) is 17.9. The topological polar surface area (TPSA) is 83.2 Å². The molecule has 3 rings (SSSR count). The second-order valence-electron chi connectivity index (χ2n) is 8.12. The standard InChI is InChI=1S/C24H29N3O3/c1-15(2)14-30-24(29)27-22(12-18-13-25-21-8-6-5-7-20(18)21)23(28)26-19-10-16(3)9-17(4)11-19/h5-11,13,15,22,25H,12,14H2,1-4H3,(H,26,28)(H,27,29)/t22-/m0/s1. The Morgan fingerprint density at radius 1 is 1.07 bits per heavy atom. The van der Waals surface area contributed by atoms with Crippen molar-refractivity contribution in [2.24, 2.45) is 5.92 Å². The third-order valence-electron chi connectivity index (χ3n) is 4.74. The lowest BCUT2D eigenvalue weighted by atomic mass is 10.0. The number of fused-ring (bicyclic) bond motifs is 1. The lowest BCUT2D eigenvalue weighted by Gasteiger charge is -2.19. The molecule has 0 saturated carbocycles. The smallest absolute Gasteiger partial charge is 0.407 e. The Morgan fingerprint density at radius 2 is 1.77 bits per heavy atom. The van der Waals surface area contributed by atoms with Gasteiger partial charge in [0.25, 0.3) is 0 Å². The molecule has 3 aromatic rings. The second-order valence-corrected chi connectivity index (χ2v) is 8.12. The molecule has 0 bridgehead atoms. The number of ether oxygens (including phenoxy) is 1. The van der Waals surface area contributed by atoms with Gasteiger partial charge in [0.1, 0.15) is 6.04 Å². The number of anilines is 1. The number of nitrogens with one attached hydrogen (secondary N) is 3. The quantitative estimate of drug-likeness (QED) is 0.530. The van der Waals surface area contributed by atoms with Gasteiger partial charge < -0.3 is 20.4 Å². The molecule has 158 valence electrons. The van der Waals surface area contributed by atoms with Crippen LogP contribution in [0.5, 0.6) is 0 Å². The van der Waals surface area contributed by atoms with Gasteiger partial charge in [0.2, 0.25) is 5.91 Å². The molecule has 0 fully saturated rings. The molecule has 1 atom stereocenters. The monoisotopic (exact) mass is 407 g/mol. The molecular formula is C24H29N3O3. The average molecular weight is 408 g/mol. The summed E-state index contributed by atoms with van der Waals surface area (Å²) in [6.07, 6.45) is 1.63. The van der Waals surface area contributed by atoms with Crippen LogP contribution in [-0.4, -0.2) is 29.6 Å². The van der Waals surface area contributed by atoms with Crippen LogP contribution < -0.4 is 10.6 Å². The molecule has 30 heavy (non-hydrogen) atoms. The van der Waals surface area contributed by atoms with Crippen molar-refractivity contribution >= 4 is 28.6 Å². The van der Waals surface area contributed by atoms with Crippen LogP contribution in [0.3, 0.4) is 0 Å². The van der Waals surface area contributed by atoms with Crippen LogP contribution in [0.4, 0.5) is 10.5 Å². The highest BCUT2D eigenvalue weighted by molar-refractivity contribution is 5.97. The fourth-order valence-electron chi connectivity index (χ4n) is 3.43. The van der Waals surface area contributed by atoms with Crippen LogP contribution in [0, 0.1) is 19.8 Å². The SMILES string of the molecule is Cc1cc(C)cc(NC(=O)[C@H](Cc2c[nH]c3ccccc23)NC(=O)OCC(C)C)c1. The van der Waals surface area contributed by atoms with Gasteiger partial charge in [0.05, 0.1) is 6.61 Å². The number of para-hydroxylation sites is 1. The summed E-state index contributed by atoms with van der Waals surface area (Å²) in [5.74, 6) is -0.0707. The van der Waals surface area contributed by atoms with Crippen molar-refractivity contribution < 1.29 is 14.3 Å². The van der Waals surface area contributed by atoms with Crippen molar-refractivity contribution in [1.29, 1.82) is 0 Å². The zero-order valence-corrected chi connectivity index (χ0v) is 17.9. The lowest BCUT2D eigenvalue weighted by molar-refractivity contribution is -0.118. The van der Waals surface area contributed by atoms with Crippen LogP contribution in [0.15, 0.2) is 48.7 Å². The van der Waals surface area contributed by atoms with E-state index in [0.29, 0.717) is 18.7 Å². The minimum Gasteiger partial charge on any atom is -0.449 e. The van der Waals surface area contributed by atoms with Crippen LogP contribution in [0.2, 0.25) is 0 Å². The maximum absolute atomic E-state index is 13.1. The van der Waals surface area contributed by atoms with Gasteiger partial charge in [-0.05, 0) is 54.7 Å². The van der Waals surface area contributed by atoms with Gasteiger partial charge in [-0.15, -0.1) is 0 Å². The number of alkyl carbamates (subject to hydrolysis) is 1. The summed E-state index contributed by atoms with van der Waals surface area (Å²) < 4.78 is 5.24. The van der Waals surface area contributed by atoms with Gasteiger partial charge in [0.15, 0.2) is 0 Å². The number of hydrogen-bond donors (Lipinski definition) is 3. The van der Waals surface area contributed by atoms with Gasteiger partial charge in [-0.25, -0.2) is 4.79 Å². The lowest BCUT2D eigenvalue weighted by Crippen LogP contribution is -2.45. The summed E-state index contributed by atoms with van der Waals surface area (Å²) in [6, 6.07) is 13.0. The largest absolute Gasteiger partial charge is 0.449 e. The number of rotatable bonds is 7. The third-order valence-corrected chi connectivity index (χ3v) is 4.74. The van der Waals surface area contributed by atoms with Crippen molar-refractivity contribution in [2.45, 2.75) is 40.2 Å². The number of H-pyrrole nitrogens is 1. The van der Waals surface area contributed by atoms with Gasteiger partial charge in [-0.3, -0.25) is 4.79 Å². The number of aromatic nitrogens is 1. The highest BCUT2D eigenvalue weighted by Crippen LogP contribution is 2.20. The van der Waals surface area contributed by atoms with E-state index in [4.69, 9.17) is 4.74 Å². The molecule has 0 aliphatic rings. The molecule has 6 nitrogen and oxygen atoms in total. The van der Waals surface area contributed by atoms with Gasteiger partial charge in [-0.1, -0.05) is 38.1 Å². The van der Waals surface area contributed by atoms with Crippen molar-refractivity contribution in [1.82, 2.24) is 10.3 Å². The first-order valence-electron chi connectivity index (χ1n) is 10.2. The van der Waals surface area contributed by atoms with Gasteiger partial charge >= 0.3 is 6.09 Å². The zero-order chi connectivity index (χ0) is 21.7. The maximum atomic E-state index is 13.1. The molecule has 2 aromatic carbocycles. The summed E-state index contributed by atoms with van der Waals surface area (Å²) in [6.45, 7) is 8.18. The Morgan fingerprint density at radius 3 is 2.47 bits per heavy atom. The Kier molecular flexibility index (Phi) is 6.77. The van der Waals surface area contributed by atoms with Crippen LogP contribution in [-0.2, 0) is 16.0 Å². The first-order chi connectivity index (χ1) is 14.3. The highest BCUT2D eigenvalue weighted by atomic mass is 16.5. The van der Waals surface area contributed by atoms with Crippen LogP contribution in [0.1, 0.15) is 30.5 Å². The van der Waals surface area contributed by atoms with Crippen molar-refractivity contribution in [2.75, 3.05) is 11.9 Å². The Hall–Kier alpha value is -3.28. The normalized spacial score (nSPS) is 12.0. The number of hydrogen-bond acceptors (Lipinski definition) is 3. The summed E-state index contributed by atoms with van der Waals surface area (Å²) in [7, 11) is 0. The number of carbonyl (C=O) groups is 2. The van der Waals surface area contributed by atoms with E-state index >= 15 is 0 Å². The van der Waals surface area contributed by atoms with E-state index in [1.165, 1.54) is 0 Å². The minimum atomic E-state index is -0.773. The molecule has 0 aliphatic heterocycles. The molecule has 0 spiro atoms. The molecule has 0 unspecified atom stereocenters. The summed E-state index contributed by atoms with van der Waals surface area (Å²) in [4.78, 5) is 28.6. The van der Waals surface area contributed by atoms with Gasteiger partial charge in [-0.2, -0.15) is 0 Å². The van der Waals surface area contributed by atoms with Crippen molar-refractivity contribution in [3.8, 4) is 0 Å². The number of aromatic amines is 1. The fourth-order valence-corrected chi connectivity index (χ4v) is 3.43. The van der Waals surface area contributed by atoms with E-state index in [2.05, 4.69) is 15.6 Å². The second kappa shape index (κ2) is 9.48. The number of benzene rings is 2. The average Bonchev–Trinajstić information content (AvgIpc) is 3.08. The third kappa shape index (κ3) is 5.63. The number of carbonyl (C=O) groups excluding carboxylic acids is 2. The number of amides is 2. The highest BCUT2D eigenvalue weighted by Gasteiger charge is 2.24. The van der Waals surface area contributed by atoms with Crippen molar-refractivity contribution in [3.05, 3.63) is 65.4 Å². The van der Waals surface area contributed by atoms with Gasteiger partial charge in [0, 0.05) is 29.2 Å². The molecule has 6 heteroatoms. The molecule has 0 saturated heterocycles. The molecule has 1 aromatic heterocycles. The molecule has 3 N–H and O–H groups in total. The number of aryl methyl sites for hydroxylation is 2. The molecule has 0 radical (unpaired) electrons. The van der Waals surface area contributed by atoms with Crippen LogP contribution in [0.25, 0.3) is 10.9 Å². The van der Waals surface area contributed by atoms with E-state index in [1.807, 2.05) is 76.4 Å². The molecule has 1 heterocycles. The molecule has 2 amide bonds. The summed E-state index contributed by atoms with van der Waals surface area (Å²) in [5.41, 5.74) is 4.77. The van der Waals surface area contributed by atoms with E-state index in [1.54, 1.807) is 0 Å². The van der Waals surface area contributed by atoms with E-state index in [0.717, 1.165) is 27.6 Å². The van der Waals surface area contributed by atoms with E-state index in [-0.39, 0.29) is 11.8 Å². The Balaban J connectivity index is 1.80. The predicted molar refractivity (Wildman–Crippen MR) is 120 cm³/mol. The Bertz CT molecular complexity index is 1020. The van der Waals surface area contributed by atoms with E-state index < -0.39 is 12.1 Å². The first-order valence-corrected chi connectivity index (χ1v) is 10.2. The molecule has 0 aliphatic carbocycles. The predicted octanol–water partition coefficient (Wildman–Crippen LogP) is 4.72. The summed E-state index contributed by atoms with van der Waals surface area (Å²) in [5, 5.41) is 6.70. The minimum absolute atomic E-state index is 0.215. The fraction of sp³-hybridized carbons (Fsp3) is 0.333. The Labute approximate surface area is 177 Å². The first kappa shape index (κ1) is 21.4. The van der Waals surface area contributed by atoms with E-state index in [9.17, 15) is 9.59 Å². The maximum Gasteiger partial charge on any atom is 0.407 e. The van der Waals surface area contributed by atoms with Crippen molar-refractivity contribution in [3.63, 3.8) is 0 Å². The summed E-state index contributed by atoms with van der Waals surface area (Å²) >= 11 is 0. The molecular weight excluding hydrogens is 378 g/mol. The van der Waals surface area contributed by atoms with Crippen LogP contribution >= 0.6 is 0 Å².